The topological polar surface area (TPSA) is 52.6 Å². The predicted octanol–water partition coefficient (Wildman–Crippen LogP) is 1.90. The van der Waals surface area contributed by atoms with E-state index in [1.165, 1.54) is 0 Å². The van der Waals surface area contributed by atoms with Gasteiger partial charge in [-0.3, -0.25) is 4.99 Å². The van der Waals surface area contributed by atoms with E-state index in [0.717, 1.165) is 29.8 Å². The smallest absolute Gasteiger partial charge is 0.191 e. The molecule has 0 aliphatic rings. The minimum Gasteiger partial charge on any atom is -0.356 e. The van der Waals surface area contributed by atoms with Gasteiger partial charge < -0.3 is 15.5 Å². The fourth-order valence-corrected chi connectivity index (χ4v) is 1.98. The van der Waals surface area contributed by atoms with Gasteiger partial charge in [0.1, 0.15) is 0 Å². The third-order valence-corrected chi connectivity index (χ3v) is 3.18. The van der Waals surface area contributed by atoms with E-state index in [1.54, 1.807) is 18.4 Å². The molecule has 1 rings (SSSR count). The second kappa shape index (κ2) is 9.37. The summed E-state index contributed by atoms with van der Waals surface area (Å²) in [5.74, 6) is 0.825. The fourth-order valence-electron chi connectivity index (χ4n) is 1.22. The molecule has 18 heavy (non-hydrogen) atoms. The third kappa shape index (κ3) is 5.85. The van der Waals surface area contributed by atoms with E-state index in [4.69, 9.17) is 0 Å². The molecular formula is C11H22IN5S. The summed E-state index contributed by atoms with van der Waals surface area (Å²) in [4.78, 5) is 10.6. The van der Waals surface area contributed by atoms with Crippen molar-refractivity contribution in [2.45, 2.75) is 19.9 Å². The summed E-state index contributed by atoms with van der Waals surface area (Å²) in [6, 6.07) is 0. The first kappa shape index (κ1) is 17.4. The van der Waals surface area contributed by atoms with Crippen LogP contribution in [0.15, 0.2) is 10.4 Å². The molecule has 0 atom stereocenters. The summed E-state index contributed by atoms with van der Waals surface area (Å²) in [5, 5.41) is 9.55. The van der Waals surface area contributed by atoms with Crippen molar-refractivity contribution in [1.82, 2.24) is 15.6 Å². The van der Waals surface area contributed by atoms with Gasteiger partial charge in [-0.2, -0.15) is 0 Å². The number of rotatable bonds is 5. The Balaban J connectivity index is 0.00000289. The molecule has 0 unspecified atom stereocenters. The molecule has 0 aromatic carbocycles. The Morgan fingerprint density at radius 3 is 2.67 bits per heavy atom. The average Bonchev–Trinajstić information content (AvgIpc) is 2.78. The number of guanidine groups is 1. The highest BCUT2D eigenvalue weighted by atomic mass is 127. The van der Waals surface area contributed by atoms with Crippen molar-refractivity contribution >= 4 is 46.4 Å². The van der Waals surface area contributed by atoms with Gasteiger partial charge in [-0.05, 0) is 6.42 Å². The van der Waals surface area contributed by atoms with Crippen molar-refractivity contribution in [3.05, 3.63) is 11.1 Å². The van der Waals surface area contributed by atoms with Gasteiger partial charge in [0.05, 0.1) is 12.2 Å². The van der Waals surface area contributed by atoms with E-state index in [9.17, 15) is 0 Å². The normalized spacial score (nSPS) is 10.8. The summed E-state index contributed by atoms with van der Waals surface area (Å²) in [6.45, 7) is 3.76. The molecule has 1 heterocycles. The summed E-state index contributed by atoms with van der Waals surface area (Å²) in [7, 11) is 5.77. The van der Waals surface area contributed by atoms with E-state index >= 15 is 0 Å². The first-order chi connectivity index (χ1) is 8.17. The van der Waals surface area contributed by atoms with Crippen LogP contribution in [0.25, 0.3) is 0 Å². The highest BCUT2D eigenvalue weighted by Crippen LogP contribution is 2.17. The Bertz CT molecular complexity index is 364. The van der Waals surface area contributed by atoms with Crippen LogP contribution in [0.1, 0.15) is 19.0 Å². The number of hydrogen-bond donors (Lipinski definition) is 2. The van der Waals surface area contributed by atoms with Crippen molar-refractivity contribution < 1.29 is 0 Å². The van der Waals surface area contributed by atoms with Crippen LogP contribution < -0.4 is 15.5 Å². The zero-order valence-corrected chi connectivity index (χ0v) is 14.5. The number of anilines is 1. The van der Waals surface area contributed by atoms with Gasteiger partial charge in [0.2, 0.25) is 0 Å². The Morgan fingerprint density at radius 1 is 1.44 bits per heavy atom. The van der Waals surface area contributed by atoms with Crippen LogP contribution in [0.4, 0.5) is 5.13 Å². The van der Waals surface area contributed by atoms with Crippen molar-refractivity contribution in [2.75, 3.05) is 32.6 Å². The Hall–Kier alpha value is -0.570. The number of hydrogen-bond acceptors (Lipinski definition) is 4. The number of nitrogens with zero attached hydrogens (tertiary/aromatic N) is 3. The molecular weight excluding hydrogens is 361 g/mol. The monoisotopic (exact) mass is 383 g/mol. The van der Waals surface area contributed by atoms with Crippen LogP contribution in [0.3, 0.4) is 0 Å². The van der Waals surface area contributed by atoms with Crippen molar-refractivity contribution in [3.63, 3.8) is 0 Å². The quantitative estimate of drug-likeness (QED) is 0.463. The highest BCUT2D eigenvalue weighted by molar-refractivity contribution is 14.0. The van der Waals surface area contributed by atoms with E-state index in [0.29, 0.717) is 6.54 Å². The molecule has 2 N–H and O–H groups in total. The third-order valence-electron chi connectivity index (χ3n) is 2.13. The highest BCUT2D eigenvalue weighted by Gasteiger charge is 2.04. The maximum absolute atomic E-state index is 4.50. The van der Waals surface area contributed by atoms with E-state index in [1.807, 2.05) is 19.0 Å². The summed E-state index contributed by atoms with van der Waals surface area (Å²) >= 11 is 1.65. The molecule has 104 valence electrons. The van der Waals surface area contributed by atoms with Crippen LogP contribution in [0, 0.1) is 0 Å². The molecule has 0 fully saturated rings. The lowest BCUT2D eigenvalue weighted by Gasteiger charge is -2.10. The lowest BCUT2D eigenvalue weighted by molar-refractivity contribution is 0.774. The van der Waals surface area contributed by atoms with Crippen molar-refractivity contribution in [1.29, 1.82) is 0 Å². The van der Waals surface area contributed by atoms with Gasteiger partial charge in [0.25, 0.3) is 0 Å². The molecule has 0 amide bonds. The molecule has 0 saturated carbocycles. The van der Waals surface area contributed by atoms with Gasteiger partial charge in [-0.25, -0.2) is 4.98 Å². The second-order valence-electron chi connectivity index (χ2n) is 3.87. The molecule has 1 aromatic heterocycles. The lowest BCUT2D eigenvalue weighted by atomic mass is 10.4. The van der Waals surface area contributed by atoms with E-state index in [-0.39, 0.29) is 24.0 Å². The maximum atomic E-state index is 4.50. The van der Waals surface area contributed by atoms with Crippen molar-refractivity contribution in [2.24, 2.45) is 4.99 Å². The number of aliphatic imine (C=N–C) groups is 1. The van der Waals surface area contributed by atoms with Gasteiger partial charge in [-0.1, -0.05) is 6.92 Å². The maximum Gasteiger partial charge on any atom is 0.191 e. The molecule has 7 heteroatoms. The summed E-state index contributed by atoms with van der Waals surface area (Å²) < 4.78 is 0. The summed E-state index contributed by atoms with van der Waals surface area (Å²) in [5.41, 5.74) is 1.04. The zero-order valence-electron chi connectivity index (χ0n) is 11.4. The van der Waals surface area contributed by atoms with Crippen LogP contribution in [0.5, 0.6) is 0 Å². The Morgan fingerprint density at radius 2 is 2.17 bits per heavy atom. The molecule has 1 aromatic rings. The first-order valence-electron chi connectivity index (χ1n) is 5.73. The number of halogens is 1. The fraction of sp³-hybridized carbons (Fsp3) is 0.636. The molecule has 0 aliphatic carbocycles. The second-order valence-corrected chi connectivity index (χ2v) is 4.70. The van der Waals surface area contributed by atoms with E-state index in [2.05, 4.69) is 32.9 Å². The minimum atomic E-state index is 0. The van der Waals surface area contributed by atoms with E-state index < -0.39 is 0 Å². The first-order valence-corrected chi connectivity index (χ1v) is 6.61. The molecule has 0 spiro atoms. The van der Waals surface area contributed by atoms with Crippen LogP contribution >= 0.6 is 35.3 Å². The number of nitrogens with one attached hydrogen (secondary N) is 2. The Kier molecular flexibility index (Phi) is 9.08. The van der Waals surface area contributed by atoms with Crippen LogP contribution in [-0.2, 0) is 6.54 Å². The molecule has 0 bridgehead atoms. The largest absolute Gasteiger partial charge is 0.356 e. The average molecular weight is 383 g/mol. The summed E-state index contributed by atoms with van der Waals surface area (Å²) in [6.07, 6.45) is 1.09. The Labute approximate surface area is 130 Å². The SMILES string of the molecule is CCCNC(=NC)NCc1csc(N(C)C)n1.I. The van der Waals surface area contributed by atoms with Gasteiger partial charge in [-0.15, -0.1) is 35.3 Å². The van der Waals surface area contributed by atoms with Crippen molar-refractivity contribution in [3.8, 4) is 0 Å². The van der Waals surface area contributed by atoms with Crippen LogP contribution in [0.2, 0.25) is 0 Å². The van der Waals surface area contributed by atoms with Gasteiger partial charge >= 0.3 is 0 Å². The van der Waals surface area contributed by atoms with Gasteiger partial charge in [0, 0.05) is 33.1 Å². The molecule has 0 radical (unpaired) electrons. The number of aromatic nitrogens is 1. The lowest BCUT2D eigenvalue weighted by Crippen LogP contribution is -2.37. The van der Waals surface area contributed by atoms with Crippen LogP contribution in [-0.4, -0.2) is 38.6 Å². The molecule has 0 saturated heterocycles. The molecule has 5 nitrogen and oxygen atoms in total. The zero-order chi connectivity index (χ0) is 12.7. The number of thiazole rings is 1. The predicted molar refractivity (Wildman–Crippen MR) is 90.3 cm³/mol. The minimum absolute atomic E-state index is 0. The molecule has 0 aliphatic heterocycles. The standard InChI is InChI=1S/C11H21N5S.HI/c1-5-6-13-10(12-2)14-7-9-8-17-11(15-9)16(3)4;/h8H,5-7H2,1-4H3,(H2,12,13,14);1H. The van der Waals surface area contributed by atoms with Gasteiger partial charge in [0.15, 0.2) is 11.1 Å².